The molecule has 0 fully saturated rings. The van der Waals surface area contributed by atoms with E-state index in [4.69, 9.17) is 0 Å². The fraction of sp³-hybridized carbons (Fsp3) is 0.0455. The van der Waals surface area contributed by atoms with Crippen molar-refractivity contribution in [3.8, 4) is 0 Å². The molecular weight excluding hydrogens is 308 g/mol. The third-order valence-electron chi connectivity index (χ3n) is 4.29. The first kappa shape index (κ1) is 15.2. The van der Waals surface area contributed by atoms with Gasteiger partial charge in [-0.15, -0.1) is 0 Å². The molecule has 0 aliphatic rings. The number of carbonyl (C=O) groups is 1. The van der Waals surface area contributed by atoms with Gasteiger partial charge in [0.2, 0.25) is 5.91 Å². The molecule has 122 valence electrons. The number of hydrogen-bond donors (Lipinski definition) is 2. The predicted molar refractivity (Wildman–Crippen MR) is 105 cm³/mol. The van der Waals surface area contributed by atoms with Gasteiger partial charge in [0, 0.05) is 22.1 Å². The summed E-state index contributed by atoms with van der Waals surface area (Å²) in [5.41, 5.74) is 1.80. The maximum absolute atomic E-state index is 12.4. The highest BCUT2D eigenvalue weighted by atomic mass is 16.1. The lowest BCUT2D eigenvalue weighted by molar-refractivity contribution is -0.114. The van der Waals surface area contributed by atoms with Crippen molar-refractivity contribution in [2.24, 2.45) is 0 Å². The lowest BCUT2D eigenvalue weighted by Gasteiger charge is -2.11. The molecule has 4 rings (SSSR count). The molecule has 0 unspecified atom stereocenters. The molecule has 0 spiro atoms. The quantitative estimate of drug-likeness (QED) is 0.551. The second kappa shape index (κ2) is 6.65. The Morgan fingerprint density at radius 1 is 0.640 bits per heavy atom. The van der Waals surface area contributed by atoms with Crippen molar-refractivity contribution in [1.82, 2.24) is 0 Å². The molecule has 25 heavy (non-hydrogen) atoms. The van der Waals surface area contributed by atoms with Crippen LogP contribution in [-0.4, -0.2) is 12.5 Å². The molecule has 0 aliphatic heterocycles. The number of fused-ring (bicyclic) bond motifs is 2. The molecular formula is C22H18N2O. The lowest BCUT2D eigenvalue weighted by Crippen LogP contribution is -2.21. The van der Waals surface area contributed by atoms with Gasteiger partial charge in [-0.05, 0) is 22.9 Å². The molecule has 0 heterocycles. The van der Waals surface area contributed by atoms with E-state index in [1.165, 1.54) is 0 Å². The van der Waals surface area contributed by atoms with E-state index in [9.17, 15) is 4.79 Å². The minimum Gasteiger partial charge on any atom is -0.376 e. The summed E-state index contributed by atoms with van der Waals surface area (Å²) in [6.07, 6.45) is 0. The zero-order chi connectivity index (χ0) is 17.1. The molecule has 0 aliphatic carbocycles. The number of hydrogen-bond acceptors (Lipinski definition) is 2. The van der Waals surface area contributed by atoms with Gasteiger partial charge in [-0.2, -0.15) is 0 Å². The van der Waals surface area contributed by atoms with Crippen LogP contribution in [-0.2, 0) is 4.79 Å². The SMILES string of the molecule is O=C(CNc1cccc2ccccc12)Nc1cccc2ccccc12. The number of benzene rings is 4. The highest BCUT2D eigenvalue weighted by Gasteiger charge is 2.06. The van der Waals surface area contributed by atoms with Gasteiger partial charge in [0.1, 0.15) is 0 Å². The maximum atomic E-state index is 12.4. The smallest absolute Gasteiger partial charge is 0.243 e. The molecule has 4 aromatic rings. The van der Waals surface area contributed by atoms with E-state index in [0.717, 1.165) is 32.9 Å². The van der Waals surface area contributed by atoms with Crippen LogP contribution in [0.1, 0.15) is 0 Å². The molecule has 1 amide bonds. The van der Waals surface area contributed by atoms with Crippen LogP contribution in [0.25, 0.3) is 21.5 Å². The normalized spacial score (nSPS) is 10.7. The second-order valence-corrected chi connectivity index (χ2v) is 5.96. The molecule has 0 saturated carbocycles. The fourth-order valence-corrected chi connectivity index (χ4v) is 3.08. The molecule has 3 heteroatoms. The van der Waals surface area contributed by atoms with E-state index >= 15 is 0 Å². The lowest BCUT2D eigenvalue weighted by atomic mass is 10.1. The highest BCUT2D eigenvalue weighted by Crippen LogP contribution is 2.24. The van der Waals surface area contributed by atoms with Crippen LogP contribution < -0.4 is 10.6 Å². The van der Waals surface area contributed by atoms with E-state index in [1.807, 2.05) is 66.7 Å². The Hall–Kier alpha value is -3.33. The van der Waals surface area contributed by atoms with Crippen molar-refractivity contribution in [1.29, 1.82) is 0 Å². The van der Waals surface area contributed by atoms with Crippen LogP contribution >= 0.6 is 0 Å². The van der Waals surface area contributed by atoms with E-state index < -0.39 is 0 Å². The minimum absolute atomic E-state index is 0.0655. The van der Waals surface area contributed by atoms with Gasteiger partial charge in [0.05, 0.1) is 6.54 Å². The van der Waals surface area contributed by atoms with Crippen molar-refractivity contribution in [2.75, 3.05) is 17.2 Å². The zero-order valence-electron chi connectivity index (χ0n) is 13.7. The summed E-state index contributed by atoms with van der Waals surface area (Å²) in [5, 5.41) is 10.7. The largest absolute Gasteiger partial charge is 0.376 e. The first-order valence-electron chi connectivity index (χ1n) is 8.30. The van der Waals surface area contributed by atoms with Gasteiger partial charge in [-0.25, -0.2) is 0 Å². The Bertz CT molecular complexity index is 1050. The van der Waals surface area contributed by atoms with Crippen LogP contribution in [0.5, 0.6) is 0 Å². The van der Waals surface area contributed by atoms with E-state index in [0.29, 0.717) is 0 Å². The maximum Gasteiger partial charge on any atom is 0.243 e. The Balaban J connectivity index is 1.50. The summed E-state index contributed by atoms with van der Waals surface area (Å²) in [6, 6.07) is 28.1. The fourth-order valence-electron chi connectivity index (χ4n) is 3.08. The van der Waals surface area contributed by atoms with Crippen LogP contribution in [0, 0.1) is 0 Å². The minimum atomic E-state index is -0.0655. The van der Waals surface area contributed by atoms with E-state index in [-0.39, 0.29) is 12.5 Å². The summed E-state index contributed by atoms with van der Waals surface area (Å²) in [7, 11) is 0. The molecule has 0 aromatic heterocycles. The predicted octanol–water partition coefficient (Wildman–Crippen LogP) is 5.04. The van der Waals surface area contributed by atoms with Crippen molar-refractivity contribution in [3.63, 3.8) is 0 Å². The average Bonchev–Trinajstić information content (AvgIpc) is 2.66. The summed E-state index contributed by atoms with van der Waals surface area (Å²) in [6.45, 7) is 0.219. The van der Waals surface area contributed by atoms with Gasteiger partial charge in [-0.1, -0.05) is 72.8 Å². The Kier molecular flexibility index (Phi) is 4.05. The molecule has 2 N–H and O–H groups in total. The van der Waals surface area contributed by atoms with Crippen molar-refractivity contribution >= 4 is 38.8 Å². The number of rotatable bonds is 4. The first-order chi connectivity index (χ1) is 12.3. The van der Waals surface area contributed by atoms with Crippen LogP contribution in [0.3, 0.4) is 0 Å². The number of nitrogens with one attached hydrogen (secondary N) is 2. The second-order valence-electron chi connectivity index (χ2n) is 5.96. The molecule has 0 saturated heterocycles. The van der Waals surface area contributed by atoms with Gasteiger partial charge < -0.3 is 10.6 Å². The van der Waals surface area contributed by atoms with Crippen molar-refractivity contribution in [2.45, 2.75) is 0 Å². The molecule has 4 aromatic carbocycles. The van der Waals surface area contributed by atoms with Gasteiger partial charge in [0.25, 0.3) is 0 Å². The Labute approximate surface area is 146 Å². The summed E-state index contributed by atoms with van der Waals surface area (Å²) in [5.74, 6) is -0.0655. The molecule has 0 atom stereocenters. The molecule has 0 radical (unpaired) electrons. The van der Waals surface area contributed by atoms with E-state index in [2.05, 4.69) is 28.8 Å². The standard InChI is InChI=1S/C22H18N2O/c25-22(24-21-14-6-10-17-8-2-4-12-19(17)21)15-23-20-13-5-9-16-7-1-3-11-18(16)20/h1-14,23H,15H2,(H,24,25). The summed E-state index contributed by atoms with van der Waals surface area (Å²) < 4.78 is 0. The topological polar surface area (TPSA) is 41.1 Å². The summed E-state index contributed by atoms with van der Waals surface area (Å²) in [4.78, 5) is 12.4. The highest BCUT2D eigenvalue weighted by molar-refractivity contribution is 6.04. The third kappa shape index (κ3) is 3.17. The monoisotopic (exact) mass is 326 g/mol. The molecule has 3 nitrogen and oxygen atoms in total. The first-order valence-corrected chi connectivity index (χ1v) is 8.30. The number of anilines is 2. The molecule has 0 bridgehead atoms. The average molecular weight is 326 g/mol. The van der Waals surface area contributed by atoms with Crippen LogP contribution in [0.15, 0.2) is 84.9 Å². The Morgan fingerprint density at radius 2 is 1.16 bits per heavy atom. The van der Waals surface area contributed by atoms with Gasteiger partial charge in [-0.3, -0.25) is 4.79 Å². The van der Waals surface area contributed by atoms with Gasteiger partial charge in [0.15, 0.2) is 0 Å². The van der Waals surface area contributed by atoms with Crippen LogP contribution in [0.2, 0.25) is 0 Å². The third-order valence-corrected chi connectivity index (χ3v) is 4.29. The Morgan fingerprint density at radius 3 is 1.84 bits per heavy atom. The van der Waals surface area contributed by atoms with Crippen LogP contribution in [0.4, 0.5) is 11.4 Å². The van der Waals surface area contributed by atoms with Gasteiger partial charge >= 0.3 is 0 Å². The zero-order valence-corrected chi connectivity index (χ0v) is 13.7. The van der Waals surface area contributed by atoms with Crippen molar-refractivity contribution in [3.05, 3.63) is 84.9 Å². The van der Waals surface area contributed by atoms with Crippen molar-refractivity contribution < 1.29 is 4.79 Å². The van der Waals surface area contributed by atoms with E-state index in [1.54, 1.807) is 0 Å². The summed E-state index contributed by atoms with van der Waals surface area (Å²) >= 11 is 0. The number of carbonyl (C=O) groups excluding carboxylic acids is 1. The number of amides is 1.